The van der Waals surface area contributed by atoms with E-state index in [2.05, 4.69) is 39.8 Å². The van der Waals surface area contributed by atoms with E-state index in [0.29, 0.717) is 27.9 Å². The quantitative estimate of drug-likeness (QED) is 0.139. The van der Waals surface area contributed by atoms with Gasteiger partial charge in [0.25, 0.3) is 0 Å². The van der Waals surface area contributed by atoms with Gasteiger partial charge >= 0.3 is 0 Å². The molecule has 1 aliphatic carbocycles. The number of nitrogens with one attached hydrogen (secondary N) is 2. The number of anilines is 1. The molecule has 6 rings (SSSR count). The minimum Gasteiger partial charge on any atom is -0.353 e. The third kappa shape index (κ3) is 9.04. The molecule has 0 saturated carbocycles. The summed E-state index contributed by atoms with van der Waals surface area (Å²) in [6, 6.07) is 21.2. The predicted molar refractivity (Wildman–Crippen MR) is 195 cm³/mol. The molecule has 2 heterocycles. The number of thiazole rings is 1. The molecule has 3 aromatic carbocycles. The first-order valence-electron chi connectivity index (χ1n) is 15.8. The zero-order valence-electron chi connectivity index (χ0n) is 25.9. The van der Waals surface area contributed by atoms with Crippen molar-refractivity contribution in [3.05, 3.63) is 105 Å². The van der Waals surface area contributed by atoms with E-state index in [1.54, 1.807) is 0 Å². The Morgan fingerprint density at radius 1 is 1.04 bits per heavy atom. The second-order valence-electron chi connectivity index (χ2n) is 12.0. The monoisotopic (exact) mass is 705 g/mol. The van der Waals surface area contributed by atoms with Crippen LogP contribution in [0.2, 0.25) is 10.0 Å². The predicted octanol–water partition coefficient (Wildman–Crippen LogP) is 7.68. The number of piperidine rings is 1. The van der Waals surface area contributed by atoms with Gasteiger partial charge in [-0.3, -0.25) is 14.5 Å². The van der Waals surface area contributed by atoms with E-state index in [1.165, 1.54) is 34.2 Å². The van der Waals surface area contributed by atoms with Crippen LogP contribution < -0.4 is 16.4 Å². The molecule has 7 nitrogen and oxygen atoms in total. The van der Waals surface area contributed by atoms with Crippen molar-refractivity contribution in [1.82, 2.24) is 15.2 Å². The Bertz CT molecular complexity index is 1770. The van der Waals surface area contributed by atoms with Crippen LogP contribution in [0.3, 0.4) is 0 Å². The van der Waals surface area contributed by atoms with Crippen molar-refractivity contribution < 1.29 is 9.59 Å². The standard InChI is InChI=1S/C36H37Cl2N5O2S2/c37-30-12-11-23(17-31(30)38)20-43-15-13-27(14-16-43)40-34(44)22-47-36-42-33(21-46-36)26-8-4-9-28(18-26)41-35(45)32(39)19-25-7-3-6-24-5-1-2-10-29(24)25/h1-2,4-5,7-12,17-18,21,27,32H,3,6,13-16,19-20,22,39H2,(H,40,44)(H,41,45)/t32-/m0/s1. The number of likely N-dealkylation sites (tertiary alicyclic amines) is 1. The molecular formula is C36H37Cl2N5O2S2. The number of nitrogens with zero attached hydrogens (tertiary/aromatic N) is 2. The van der Waals surface area contributed by atoms with Crippen LogP contribution in [-0.4, -0.2) is 52.6 Å². The van der Waals surface area contributed by atoms with Gasteiger partial charge in [-0.1, -0.05) is 83.5 Å². The lowest BCUT2D eigenvalue weighted by atomic mass is 9.87. The number of halogens is 2. The highest BCUT2D eigenvalue weighted by molar-refractivity contribution is 8.01. The third-order valence-corrected chi connectivity index (χ3v) is 11.3. The molecule has 0 bridgehead atoms. The Morgan fingerprint density at radius 2 is 1.87 bits per heavy atom. The van der Waals surface area contributed by atoms with E-state index < -0.39 is 6.04 Å². The zero-order valence-corrected chi connectivity index (χ0v) is 29.0. The summed E-state index contributed by atoms with van der Waals surface area (Å²) in [4.78, 5) is 32.9. The van der Waals surface area contributed by atoms with Gasteiger partial charge in [0.2, 0.25) is 11.8 Å². The molecule has 2 aliphatic rings. The molecule has 1 fully saturated rings. The number of aryl methyl sites for hydroxylation is 1. The van der Waals surface area contributed by atoms with Crippen LogP contribution in [0.15, 0.2) is 82.5 Å². The minimum atomic E-state index is -0.661. The summed E-state index contributed by atoms with van der Waals surface area (Å²) in [5, 5.41) is 9.29. The van der Waals surface area contributed by atoms with Gasteiger partial charge in [-0.15, -0.1) is 11.3 Å². The average Bonchev–Trinajstić information content (AvgIpc) is 3.56. The Morgan fingerprint density at radius 3 is 2.70 bits per heavy atom. The minimum absolute atomic E-state index is 0.0169. The van der Waals surface area contributed by atoms with Gasteiger partial charge in [-0.05, 0) is 78.6 Å². The molecule has 1 saturated heterocycles. The van der Waals surface area contributed by atoms with Crippen molar-refractivity contribution in [3.63, 3.8) is 0 Å². The largest absolute Gasteiger partial charge is 0.353 e. The van der Waals surface area contributed by atoms with Gasteiger partial charge in [0, 0.05) is 42.3 Å². The molecule has 1 atom stereocenters. The molecule has 11 heteroatoms. The molecule has 4 N–H and O–H groups in total. The number of nitrogens with two attached hydrogens (primary N) is 1. The van der Waals surface area contributed by atoms with Crippen molar-refractivity contribution in [2.45, 2.75) is 55.1 Å². The van der Waals surface area contributed by atoms with Crippen molar-refractivity contribution >= 4 is 69.4 Å². The smallest absolute Gasteiger partial charge is 0.241 e. The van der Waals surface area contributed by atoms with Crippen LogP contribution in [0.25, 0.3) is 16.8 Å². The molecule has 2 amide bonds. The lowest BCUT2D eigenvalue weighted by molar-refractivity contribution is -0.119. The number of carbonyl (C=O) groups excluding carboxylic acids is 2. The fraction of sp³-hybridized carbons (Fsp3) is 0.306. The maximum Gasteiger partial charge on any atom is 0.241 e. The Labute approximate surface area is 293 Å². The van der Waals surface area contributed by atoms with Crippen molar-refractivity contribution in [3.8, 4) is 11.3 Å². The molecule has 1 aliphatic heterocycles. The van der Waals surface area contributed by atoms with Gasteiger partial charge in [0.1, 0.15) is 0 Å². The summed E-state index contributed by atoms with van der Waals surface area (Å²) >= 11 is 15.2. The first-order chi connectivity index (χ1) is 22.8. The van der Waals surface area contributed by atoms with E-state index in [1.807, 2.05) is 53.9 Å². The Balaban J connectivity index is 0.950. The summed E-state index contributed by atoms with van der Waals surface area (Å²) < 4.78 is 0.823. The molecule has 4 aromatic rings. The van der Waals surface area contributed by atoms with Crippen LogP contribution in [0.1, 0.15) is 42.4 Å². The highest BCUT2D eigenvalue weighted by atomic mass is 35.5. The van der Waals surface area contributed by atoms with Crippen LogP contribution in [0.4, 0.5) is 5.69 Å². The highest BCUT2D eigenvalue weighted by Crippen LogP contribution is 2.31. The van der Waals surface area contributed by atoms with Gasteiger partial charge in [-0.25, -0.2) is 4.98 Å². The maximum absolute atomic E-state index is 13.0. The van der Waals surface area contributed by atoms with E-state index in [4.69, 9.17) is 33.9 Å². The second kappa shape index (κ2) is 15.8. The number of hydrogen-bond acceptors (Lipinski definition) is 7. The first-order valence-corrected chi connectivity index (χ1v) is 18.4. The normalized spacial score (nSPS) is 15.9. The molecule has 0 unspecified atom stereocenters. The number of benzene rings is 3. The van der Waals surface area contributed by atoms with Gasteiger partial charge in [0.15, 0.2) is 4.34 Å². The summed E-state index contributed by atoms with van der Waals surface area (Å²) in [6.45, 7) is 2.63. The number of aromatic nitrogens is 1. The zero-order chi connectivity index (χ0) is 32.8. The molecular weight excluding hydrogens is 669 g/mol. The van der Waals surface area contributed by atoms with Crippen LogP contribution >= 0.6 is 46.3 Å². The van der Waals surface area contributed by atoms with E-state index in [0.717, 1.165) is 72.1 Å². The fourth-order valence-electron chi connectivity index (χ4n) is 6.06. The van der Waals surface area contributed by atoms with E-state index in [-0.39, 0.29) is 17.9 Å². The lowest BCUT2D eigenvalue weighted by Gasteiger charge is -2.32. The van der Waals surface area contributed by atoms with Crippen molar-refractivity contribution in [1.29, 1.82) is 0 Å². The molecule has 0 radical (unpaired) electrons. The number of allylic oxidation sites excluding steroid dienone is 1. The average molecular weight is 707 g/mol. The van der Waals surface area contributed by atoms with E-state index >= 15 is 0 Å². The molecule has 1 aromatic heterocycles. The first kappa shape index (κ1) is 33.7. The number of thioether (sulfide) groups is 1. The summed E-state index contributed by atoms with van der Waals surface area (Å²) in [5.41, 5.74) is 13.5. The number of carbonyl (C=O) groups is 2. The highest BCUT2D eigenvalue weighted by Gasteiger charge is 2.22. The van der Waals surface area contributed by atoms with Crippen LogP contribution in [0, 0.1) is 0 Å². The van der Waals surface area contributed by atoms with Crippen LogP contribution in [-0.2, 0) is 22.6 Å². The van der Waals surface area contributed by atoms with Gasteiger partial charge in [-0.2, -0.15) is 0 Å². The molecule has 244 valence electrons. The van der Waals surface area contributed by atoms with E-state index in [9.17, 15) is 9.59 Å². The Hall–Kier alpha value is -3.18. The topological polar surface area (TPSA) is 100 Å². The lowest BCUT2D eigenvalue weighted by Crippen LogP contribution is -2.44. The summed E-state index contributed by atoms with van der Waals surface area (Å²) in [6.07, 6.45) is 6.47. The number of hydrogen-bond donors (Lipinski definition) is 3. The SMILES string of the molecule is N[C@@H](CC1=CCCc2ccccc21)C(=O)Nc1cccc(-c2csc(SCC(=O)NC3CCN(Cc4ccc(Cl)c(Cl)c4)CC3)n2)c1. The van der Waals surface area contributed by atoms with Crippen molar-refractivity contribution in [2.24, 2.45) is 5.73 Å². The van der Waals surface area contributed by atoms with Gasteiger partial charge < -0.3 is 16.4 Å². The maximum atomic E-state index is 13.0. The van der Waals surface area contributed by atoms with Gasteiger partial charge in [0.05, 0.1) is 27.5 Å². The van der Waals surface area contributed by atoms with Crippen LogP contribution in [0.5, 0.6) is 0 Å². The second-order valence-corrected chi connectivity index (χ2v) is 14.9. The summed E-state index contributed by atoms with van der Waals surface area (Å²) in [5.74, 6) is 0.109. The molecule has 47 heavy (non-hydrogen) atoms. The molecule has 0 spiro atoms. The van der Waals surface area contributed by atoms with Crippen molar-refractivity contribution in [2.75, 3.05) is 24.2 Å². The number of amides is 2. The number of fused-ring (bicyclic) bond motifs is 1. The number of rotatable bonds is 11. The summed E-state index contributed by atoms with van der Waals surface area (Å²) in [7, 11) is 0. The third-order valence-electron chi connectivity index (χ3n) is 8.52. The fourth-order valence-corrected chi connectivity index (χ4v) is 8.03. The Kier molecular flexibility index (Phi) is 11.3.